The van der Waals surface area contributed by atoms with Crippen LogP contribution in [0.2, 0.25) is 0 Å². The number of hydrogen-bond donors (Lipinski definition) is 1. The Morgan fingerprint density at radius 3 is 2.47 bits per heavy atom. The first kappa shape index (κ1) is 15.3. The van der Waals surface area contributed by atoms with E-state index in [2.05, 4.69) is 35.3 Å². The number of anilines is 2. The van der Waals surface area contributed by atoms with Crippen molar-refractivity contribution in [3.63, 3.8) is 0 Å². The molecule has 1 aromatic carbocycles. The highest BCUT2D eigenvalue weighted by molar-refractivity contribution is 5.75. The molecule has 0 spiro atoms. The van der Waals surface area contributed by atoms with Gasteiger partial charge in [-0.25, -0.2) is 0 Å². The van der Waals surface area contributed by atoms with E-state index in [1.807, 2.05) is 14.1 Å². The first-order chi connectivity index (χ1) is 8.91. The molecule has 4 heteroatoms. The molecule has 0 radical (unpaired) electrons. The fourth-order valence-electron chi connectivity index (χ4n) is 1.90. The molecule has 1 rings (SSSR count). The van der Waals surface area contributed by atoms with Gasteiger partial charge in [0.25, 0.3) is 0 Å². The molecule has 106 valence electrons. The minimum atomic E-state index is 0.180. The number of amides is 1. The lowest BCUT2D eigenvalue weighted by Crippen LogP contribution is -2.22. The van der Waals surface area contributed by atoms with Crippen LogP contribution in [0, 0.1) is 6.92 Å². The van der Waals surface area contributed by atoms with Crippen LogP contribution in [0.1, 0.15) is 18.4 Å². The normalized spacial score (nSPS) is 10.2. The summed E-state index contributed by atoms with van der Waals surface area (Å²) in [5.74, 6) is 0.180. The van der Waals surface area contributed by atoms with Gasteiger partial charge in [-0.3, -0.25) is 4.79 Å². The topological polar surface area (TPSA) is 35.6 Å². The van der Waals surface area contributed by atoms with Crippen LogP contribution in [0.4, 0.5) is 11.4 Å². The van der Waals surface area contributed by atoms with E-state index in [-0.39, 0.29) is 5.91 Å². The molecule has 1 aromatic rings. The summed E-state index contributed by atoms with van der Waals surface area (Å²) in [6.45, 7) is 2.92. The average Bonchev–Trinajstić information content (AvgIpc) is 2.35. The van der Waals surface area contributed by atoms with Crippen molar-refractivity contribution in [2.75, 3.05) is 45.0 Å². The van der Waals surface area contributed by atoms with Crippen LogP contribution in [0.3, 0.4) is 0 Å². The molecule has 0 aliphatic carbocycles. The van der Waals surface area contributed by atoms with Crippen molar-refractivity contribution in [1.82, 2.24) is 4.90 Å². The molecule has 0 fully saturated rings. The molecule has 19 heavy (non-hydrogen) atoms. The zero-order valence-corrected chi connectivity index (χ0v) is 12.7. The highest BCUT2D eigenvalue weighted by Gasteiger charge is 2.04. The lowest BCUT2D eigenvalue weighted by molar-refractivity contribution is -0.128. The molecule has 4 nitrogen and oxygen atoms in total. The number of nitrogens with one attached hydrogen (secondary N) is 1. The molecule has 1 N–H and O–H groups in total. The van der Waals surface area contributed by atoms with Gasteiger partial charge >= 0.3 is 0 Å². The highest BCUT2D eigenvalue weighted by atomic mass is 16.2. The van der Waals surface area contributed by atoms with Gasteiger partial charge in [-0.15, -0.1) is 0 Å². The van der Waals surface area contributed by atoms with E-state index >= 15 is 0 Å². The number of benzene rings is 1. The van der Waals surface area contributed by atoms with Crippen molar-refractivity contribution < 1.29 is 4.79 Å². The molecule has 0 atom stereocenters. The lowest BCUT2D eigenvalue weighted by atomic mass is 10.1. The third kappa shape index (κ3) is 4.81. The third-order valence-electron chi connectivity index (χ3n) is 3.09. The lowest BCUT2D eigenvalue weighted by Gasteiger charge is -2.17. The van der Waals surface area contributed by atoms with Gasteiger partial charge in [-0.2, -0.15) is 0 Å². The quantitative estimate of drug-likeness (QED) is 0.800. The van der Waals surface area contributed by atoms with Gasteiger partial charge in [0.15, 0.2) is 0 Å². The van der Waals surface area contributed by atoms with Crippen LogP contribution >= 0.6 is 0 Å². The van der Waals surface area contributed by atoms with Crippen LogP contribution in [0.25, 0.3) is 0 Å². The van der Waals surface area contributed by atoms with Crippen molar-refractivity contribution in [2.24, 2.45) is 0 Å². The molecular weight excluding hydrogens is 238 g/mol. The Morgan fingerprint density at radius 1 is 1.21 bits per heavy atom. The molecule has 0 aliphatic heterocycles. The number of carbonyl (C=O) groups is 1. The second kappa shape index (κ2) is 7.02. The van der Waals surface area contributed by atoms with E-state index in [0.717, 1.165) is 18.7 Å². The zero-order chi connectivity index (χ0) is 14.4. The number of rotatable bonds is 6. The van der Waals surface area contributed by atoms with E-state index in [4.69, 9.17) is 0 Å². The minimum absolute atomic E-state index is 0.180. The van der Waals surface area contributed by atoms with Gasteiger partial charge in [-0.05, 0) is 31.0 Å². The molecule has 0 unspecified atom stereocenters. The first-order valence-corrected chi connectivity index (χ1v) is 6.64. The van der Waals surface area contributed by atoms with Crippen molar-refractivity contribution in [3.8, 4) is 0 Å². The largest absolute Gasteiger partial charge is 0.385 e. The summed E-state index contributed by atoms with van der Waals surface area (Å²) >= 11 is 0. The second-order valence-corrected chi connectivity index (χ2v) is 5.21. The molecule has 0 bridgehead atoms. The standard InChI is InChI=1S/C15H25N3O/c1-12-8-9-13(11-14(12)17(2)3)16-10-6-7-15(19)18(4)5/h8-9,11,16H,6-7,10H2,1-5H3. The second-order valence-electron chi connectivity index (χ2n) is 5.21. The summed E-state index contributed by atoms with van der Waals surface area (Å²) in [7, 11) is 7.67. The zero-order valence-electron chi connectivity index (χ0n) is 12.7. The Kier molecular flexibility index (Phi) is 5.67. The van der Waals surface area contributed by atoms with Gasteiger partial charge in [0.05, 0.1) is 0 Å². The molecule has 0 aliphatic rings. The summed E-state index contributed by atoms with van der Waals surface area (Å²) in [6.07, 6.45) is 1.44. The minimum Gasteiger partial charge on any atom is -0.385 e. The van der Waals surface area contributed by atoms with E-state index < -0.39 is 0 Å². The number of nitrogens with zero attached hydrogens (tertiary/aromatic N) is 2. The van der Waals surface area contributed by atoms with Crippen LogP contribution in [-0.4, -0.2) is 45.5 Å². The molecular formula is C15H25N3O. The maximum Gasteiger partial charge on any atom is 0.222 e. The molecule has 0 heterocycles. The number of aryl methyl sites for hydroxylation is 1. The molecule has 0 saturated heterocycles. The average molecular weight is 263 g/mol. The Bertz CT molecular complexity index is 427. The summed E-state index contributed by atoms with van der Waals surface area (Å²) < 4.78 is 0. The smallest absolute Gasteiger partial charge is 0.222 e. The van der Waals surface area contributed by atoms with Crippen LogP contribution < -0.4 is 10.2 Å². The van der Waals surface area contributed by atoms with Crippen molar-refractivity contribution >= 4 is 17.3 Å². The molecule has 0 aromatic heterocycles. The van der Waals surface area contributed by atoms with Gasteiger partial charge in [-0.1, -0.05) is 6.07 Å². The van der Waals surface area contributed by atoms with Crippen LogP contribution in [0.5, 0.6) is 0 Å². The third-order valence-corrected chi connectivity index (χ3v) is 3.09. The Balaban J connectivity index is 2.46. The summed E-state index contributed by atoms with van der Waals surface area (Å²) in [6, 6.07) is 6.34. The first-order valence-electron chi connectivity index (χ1n) is 6.64. The molecule has 1 amide bonds. The number of hydrogen-bond acceptors (Lipinski definition) is 3. The maximum absolute atomic E-state index is 11.4. The van der Waals surface area contributed by atoms with Gasteiger partial charge < -0.3 is 15.1 Å². The Morgan fingerprint density at radius 2 is 1.89 bits per heavy atom. The predicted octanol–water partition coefficient (Wildman–Crippen LogP) is 2.34. The van der Waals surface area contributed by atoms with E-state index in [1.54, 1.807) is 19.0 Å². The fourth-order valence-corrected chi connectivity index (χ4v) is 1.90. The molecule has 0 saturated carbocycles. The van der Waals surface area contributed by atoms with Crippen LogP contribution in [0.15, 0.2) is 18.2 Å². The summed E-state index contributed by atoms with van der Waals surface area (Å²) in [5, 5.41) is 3.36. The van der Waals surface area contributed by atoms with Gasteiger partial charge in [0.2, 0.25) is 5.91 Å². The van der Waals surface area contributed by atoms with Crippen molar-refractivity contribution in [3.05, 3.63) is 23.8 Å². The van der Waals surface area contributed by atoms with E-state index in [9.17, 15) is 4.79 Å². The van der Waals surface area contributed by atoms with Crippen molar-refractivity contribution in [2.45, 2.75) is 19.8 Å². The Hall–Kier alpha value is -1.71. The monoisotopic (exact) mass is 263 g/mol. The van der Waals surface area contributed by atoms with Crippen molar-refractivity contribution in [1.29, 1.82) is 0 Å². The maximum atomic E-state index is 11.4. The summed E-state index contributed by atoms with van der Waals surface area (Å²) in [4.78, 5) is 15.2. The Labute approximate surface area is 116 Å². The summed E-state index contributed by atoms with van der Waals surface area (Å²) in [5.41, 5.74) is 3.58. The highest BCUT2D eigenvalue weighted by Crippen LogP contribution is 2.22. The fraction of sp³-hybridized carbons (Fsp3) is 0.533. The van der Waals surface area contributed by atoms with Gasteiger partial charge in [0, 0.05) is 52.5 Å². The van der Waals surface area contributed by atoms with Gasteiger partial charge in [0.1, 0.15) is 0 Å². The van der Waals surface area contributed by atoms with E-state index in [1.165, 1.54) is 11.3 Å². The number of carbonyl (C=O) groups excluding carboxylic acids is 1. The SMILES string of the molecule is Cc1ccc(NCCCC(=O)N(C)C)cc1N(C)C. The van der Waals surface area contributed by atoms with Crippen LogP contribution in [-0.2, 0) is 4.79 Å². The van der Waals surface area contributed by atoms with E-state index in [0.29, 0.717) is 6.42 Å². The predicted molar refractivity (Wildman–Crippen MR) is 81.9 cm³/mol.